The molecule has 0 unspecified atom stereocenters. The quantitative estimate of drug-likeness (QED) is 0.0529. The van der Waals surface area contributed by atoms with Crippen LogP contribution in [-0.4, -0.2) is 40.9 Å². The van der Waals surface area contributed by atoms with E-state index in [0.717, 1.165) is 36.3 Å². The standard InChI is InChI=1S/C30H16O8S2/c31-19-14-15-17(22(34)26(38)24(36)20(15)32)28-18(16(14)21(33)25(37)23(19)35)30-29(40-28)13-11-7-3-1-5-9(11)10-6-2-4-8-12(10)27(13)39-30/h1-8,31-38H. The van der Waals surface area contributed by atoms with Crippen LogP contribution in [0.25, 0.3) is 72.7 Å². The van der Waals surface area contributed by atoms with Crippen LogP contribution in [0.15, 0.2) is 48.5 Å². The first kappa shape index (κ1) is 22.9. The normalized spacial score (nSPS) is 12.3. The smallest absolute Gasteiger partial charge is 0.205 e. The minimum atomic E-state index is -1.04. The van der Waals surface area contributed by atoms with Gasteiger partial charge in [0.15, 0.2) is 23.0 Å². The Morgan fingerprint density at radius 2 is 0.675 bits per heavy atom. The lowest BCUT2D eigenvalue weighted by Crippen LogP contribution is -1.87. The van der Waals surface area contributed by atoms with Crippen LogP contribution in [0.3, 0.4) is 0 Å². The number of fused-ring (bicyclic) bond motifs is 15. The Labute approximate surface area is 230 Å². The van der Waals surface area contributed by atoms with E-state index in [2.05, 4.69) is 0 Å². The Bertz CT molecular complexity index is 2470. The number of phenolic OH excluding ortho intramolecular Hbond substituents is 8. The minimum absolute atomic E-state index is 0.0956. The summed E-state index contributed by atoms with van der Waals surface area (Å²) in [6.45, 7) is 0. The van der Waals surface area contributed by atoms with Crippen molar-refractivity contribution in [3.63, 3.8) is 0 Å². The van der Waals surface area contributed by atoms with Crippen LogP contribution in [0.1, 0.15) is 0 Å². The molecule has 0 saturated carbocycles. The monoisotopic (exact) mass is 568 g/mol. The van der Waals surface area contributed by atoms with Gasteiger partial charge in [-0.3, -0.25) is 0 Å². The van der Waals surface area contributed by atoms with Crippen LogP contribution < -0.4 is 0 Å². The van der Waals surface area contributed by atoms with Crippen molar-refractivity contribution in [2.45, 2.75) is 0 Å². The van der Waals surface area contributed by atoms with Gasteiger partial charge in [-0.1, -0.05) is 48.5 Å². The lowest BCUT2D eigenvalue weighted by molar-refractivity contribution is 0.349. The van der Waals surface area contributed by atoms with Gasteiger partial charge >= 0.3 is 0 Å². The predicted molar refractivity (Wildman–Crippen MR) is 158 cm³/mol. The summed E-state index contributed by atoms with van der Waals surface area (Å²) < 4.78 is 2.74. The number of benzene rings is 6. The van der Waals surface area contributed by atoms with Gasteiger partial charge in [-0.25, -0.2) is 0 Å². The van der Waals surface area contributed by atoms with Gasteiger partial charge in [-0.2, -0.15) is 0 Å². The fraction of sp³-hybridized carbons (Fsp3) is 0. The largest absolute Gasteiger partial charge is 0.504 e. The number of hydrogen-bond donors (Lipinski definition) is 8. The average Bonchev–Trinajstić information content (AvgIpc) is 3.52. The second kappa shape index (κ2) is 7.32. The zero-order valence-corrected chi connectivity index (χ0v) is 21.6. The lowest BCUT2D eigenvalue weighted by atomic mass is 9.94. The molecular weight excluding hydrogens is 552 g/mol. The van der Waals surface area contributed by atoms with Crippen molar-refractivity contribution in [2.24, 2.45) is 0 Å². The Kier molecular flexibility index (Phi) is 4.19. The van der Waals surface area contributed by atoms with E-state index < -0.39 is 46.0 Å². The van der Waals surface area contributed by atoms with E-state index in [4.69, 9.17) is 0 Å². The molecule has 8 rings (SSSR count). The van der Waals surface area contributed by atoms with Crippen LogP contribution in [0.4, 0.5) is 0 Å². The molecule has 0 amide bonds. The molecule has 40 heavy (non-hydrogen) atoms. The number of hydrogen-bond acceptors (Lipinski definition) is 10. The highest BCUT2D eigenvalue weighted by atomic mass is 32.1. The summed E-state index contributed by atoms with van der Waals surface area (Å²) in [4.78, 5) is 0. The molecule has 6 aromatic carbocycles. The molecular formula is C30H16O8S2. The van der Waals surface area contributed by atoms with Gasteiger partial charge in [0, 0.05) is 41.7 Å². The van der Waals surface area contributed by atoms with Crippen molar-refractivity contribution in [1.82, 2.24) is 0 Å². The van der Waals surface area contributed by atoms with E-state index in [1.807, 2.05) is 48.5 Å². The van der Waals surface area contributed by atoms with Crippen LogP contribution >= 0.6 is 22.7 Å². The number of phenols is 8. The summed E-state index contributed by atoms with van der Waals surface area (Å²) in [5, 5.41) is 90.3. The molecule has 0 radical (unpaired) electrons. The molecule has 8 N–H and O–H groups in total. The first-order valence-corrected chi connectivity index (χ1v) is 13.6. The summed E-state index contributed by atoms with van der Waals surface area (Å²) in [5.74, 6) is -7.28. The van der Waals surface area contributed by atoms with E-state index in [-0.39, 0.29) is 21.5 Å². The van der Waals surface area contributed by atoms with E-state index in [1.54, 1.807) is 0 Å². The molecule has 196 valence electrons. The Hall–Kier alpha value is -5.06. The zero-order valence-electron chi connectivity index (χ0n) is 20.0. The molecule has 0 saturated heterocycles. The Morgan fingerprint density at radius 3 is 1.25 bits per heavy atom. The first-order chi connectivity index (χ1) is 19.2. The lowest BCUT2D eigenvalue weighted by Gasteiger charge is -2.16. The van der Waals surface area contributed by atoms with Crippen molar-refractivity contribution in [3.8, 4) is 46.0 Å². The van der Waals surface area contributed by atoms with Gasteiger partial charge in [0.05, 0.1) is 14.8 Å². The van der Waals surface area contributed by atoms with Gasteiger partial charge in [-0.15, -0.1) is 22.7 Å². The van der Waals surface area contributed by atoms with Gasteiger partial charge < -0.3 is 40.9 Å². The highest BCUT2D eigenvalue weighted by Gasteiger charge is 2.31. The molecule has 0 aliphatic heterocycles. The van der Waals surface area contributed by atoms with E-state index in [0.29, 0.717) is 14.8 Å². The predicted octanol–water partition coefficient (Wildman–Crippen LogP) is 7.53. The summed E-state index contributed by atoms with van der Waals surface area (Å²) in [7, 11) is 0. The summed E-state index contributed by atoms with van der Waals surface area (Å²) in [5.41, 5.74) is 0. The second-order valence-corrected chi connectivity index (χ2v) is 11.7. The topological polar surface area (TPSA) is 162 Å². The average molecular weight is 569 g/mol. The molecule has 0 spiro atoms. The Balaban J connectivity index is 1.78. The van der Waals surface area contributed by atoms with Crippen molar-refractivity contribution in [2.75, 3.05) is 0 Å². The van der Waals surface area contributed by atoms with Gasteiger partial charge in [-0.05, 0) is 16.2 Å². The summed E-state index contributed by atoms with van der Waals surface area (Å²) in [6.07, 6.45) is 0. The third-order valence-electron chi connectivity index (χ3n) is 7.70. The SMILES string of the molecule is Oc1c(O)c(O)c2c(c1O)c1sc3c(sc4c5ccccc5c5ccccc5c43)c1c1c(O)c(O)c(O)c(O)c21. The number of thiophene rings is 2. The molecule has 8 nitrogen and oxygen atoms in total. The fourth-order valence-corrected chi connectivity index (χ4v) is 8.98. The van der Waals surface area contributed by atoms with E-state index >= 15 is 0 Å². The third-order valence-corrected chi connectivity index (χ3v) is 10.3. The zero-order chi connectivity index (χ0) is 27.8. The summed E-state index contributed by atoms with van der Waals surface area (Å²) >= 11 is 2.66. The summed E-state index contributed by atoms with van der Waals surface area (Å²) in [6, 6.07) is 15.9. The first-order valence-electron chi connectivity index (χ1n) is 12.0. The fourth-order valence-electron chi connectivity index (χ4n) is 5.97. The van der Waals surface area contributed by atoms with Gasteiger partial charge in [0.2, 0.25) is 23.0 Å². The molecule has 0 bridgehead atoms. The molecule has 8 aromatic rings. The molecule has 0 aliphatic rings. The highest BCUT2D eigenvalue weighted by molar-refractivity contribution is 7.37. The number of rotatable bonds is 0. The van der Waals surface area contributed by atoms with Crippen LogP contribution in [0.2, 0.25) is 0 Å². The van der Waals surface area contributed by atoms with Crippen molar-refractivity contribution in [3.05, 3.63) is 48.5 Å². The maximum atomic E-state index is 11.1. The highest BCUT2D eigenvalue weighted by Crippen LogP contribution is 2.62. The molecule has 2 aromatic heterocycles. The van der Waals surface area contributed by atoms with Crippen LogP contribution in [0.5, 0.6) is 46.0 Å². The molecule has 10 heteroatoms. The maximum absolute atomic E-state index is 11.1. The van der Waals surface area contributed by atoms with E-state index in [1.165, 1.54) is 22.7 Å². The van der Waals surface area contributed by atoms with Gasteiger partial charge in [0.1, 0.15) is 0 Å². The molecule has 2 heterocycles. The van der Waals surface area contributed by atoms with Gasteiger partial charge in [0.25, 0.3) is 0 Å². The number of aromatic hydroxyl groups is 8. The molecule has 0 atom stereocenters. The molecule has 0 aliphatic carbocycles. The third kappa shape index (κ3) is 2.46. The van der Waals surface area contributed by atoms with Crippen molar-refractivity contribution in [1.29, 1.82) is 0 Å². The second-order valence-electron chi connectivity index (χ2n) is 9.65. The van der Waals surface area contributed by atoms with Crippen molar-refractivity contribution >= 4 is 95.3 Å². The maximum Gasteiger partial charge on any atom is 0.205 e. The Morgan fingerprint density at radius 1 is 0.300 bits per heavy atom. The van der Waals surface area contributed by atoms with Crippen molar-refractivity contribution < 1.29 is 40.9 Å². The van der Waals surface area contributed by atoms with Crippen LogP contribution in [-0.2, 0) is 0 Å². The van der Waals surface area contributed by atoms with E-state index in [9.17, 15) is 40.9 Å². The minimum Gasteiger partial charge on any atom is -0.504 e. The molecule has 0 fully saturated rings. The van der Waals surface area contributed by atoms with Crippen LogP contribution in [0, 0.1) is 0 Å².